The molecule has 4 heteroatoms. The maximum Gasteiger partial charge on any atom is 0.254 e. The average molecular weight is 242 g/mol. The minimum absolute atomic E-state index is 0.106. The van der Waals surface area contributed by atoms with Gasteiger partial charge in [-0.05, 0) is 33.4 Å². The van der Waals surface area contributed by atoms with Crippen LogP contribution in [-0.2, 0) is 9.53 Å². The van der Waals surface area contributed by atoms with Gasteiger partial charge in [-0.1, -0.05) is 13.8 Å². The van der Waals surface area contributed by atoms with Crippen molar-refractivity contribution in [3.05, 3.63) is 0 Å². The molecule has 0 spiro atoms. The van der Waals surface area contributed by atoms with Crippen molar-refractivity contribution in [3.8, 4) is 0 Å². The monoisotopic (exact) mass is 242 g/mol. The Kier molecular flexibility index (Phi) is 4.95. The van der Waals surface area contributed by atoms with E-state index in [1.54, 1.807) is 7.11 Å². The highest BCUT2D eigenvalue weighted by atomic mass is 16.5. The standard InChI is InChI=1S/C13H26N2O2/c1-6-14(7-2)11-8-9-15(10-11)12(16)13(3,4)17-5/h11H,6-10H2,1-5H3. The van der Waals surface area contributed by atoms with Crippen LogP contribution in [-0.4, -0.2) is 60.6 Å². The largest absolute Gasteiger partial charge is 0.369 e. The van der Waals surface area contributed by atoms with Gasteiger partial charge >= 0.3 is 0 Å². The minimum Gasteiger partial charge on any atom is -0.369 e. The van der Waals surface area contributed by atoms with Gasteiger partial charge in [-0.25, -0.2) is 0 Å². The molecular formula is C13H26N2O2. The highest BCUT2D eigenvalue weighted by Gasteiger charge is 2.36. The van der Waals surface area contributed by atoms with Gasteiger partial charge in [-0.2, -0.15) is 0 Å². The fourth-order valence-corrected chi connectivity index (χ4v) is 2.43. The lowest BCUT2D eigenvalue weighted by molar-refractivity contribution is -0.150. The van der Waals surface area contributed by atoms with Crippen molar-refractivity contribution in [1.29, 1.82) is 0 Å². The smallest absolute Gasteiger partial charge is 0.254 e. The zero-order valence-corrected chi connectivity index (χ0v) is 11.8. The van der Waals surface area contributed by atoms with Crippen LogP contribution >= 0.6 is 0 Å². The van der Waals surface area contributed by atoms with E-state index >= 15 is 0 Å². The molecule has 0 aromatic rings. The van der Waals surface area contributed by atoms with Crippen LogP contribution in [0, 0.1) is 0 Å². The lowest BCUT2D eigenvalue weighted by atomic mass is 10.1. The lowest BCUT2D eigenvalue weighted by Gasteiger charge is -2.29. The van der Waals surface area contributed by atoms with Gasteiger partial charge < -0.3 is 9.64 Å². The van der Waals surface area contributed by atoms with Gasteiger partial charge in [-0.15, -0.1) is 0 Å². The molecule has 0 radical (unpaired) electrons. The van der Waals surface area contributed by atoms with E-state index in [2.05, 4.69) is 18.7 Å². The maximum absolute atomic E-state index is 12.2. The average Bonchev–Trinajstić information content (AvgIpc) is 2.79. The molecule has 1 aliphatic rings. The van der Waals surface area contributed by atoms with Crippen LogP contribution in [0.15, 0.2) is 0 Å². The molecule has 0 aromatic heterocycles. The SMILES string of the molecule is CCN(CC)C1CCN(C(=O)C(C)(C)OC)C1. The first-order chi connectivity index (χ1) is 7.96. The van der Waals surface area contributed by atoms with Gasteiger partial charge in [0.25, 0.3) is 5.91 Å². The van der Waals surface area contributed by atoms with Crippen molar-refractivity contribution in [1.82, 2.24) is 9.80 Å². The van der Waals surface area contributed by atoms with Gasteiger partial charge in [0.2, 0.25) is 0 Å². The maximum atomic E-state index is 12.2. The lowest BCUT2D eigenvalue weighted by Crippen LogP contribution is -2.47. The molecule has 17 heavy (non-hydrogen) atoms. The van der Waals surface area contributed by atoms with Crippen LogP contribution < -0.4 is 0 Å². The molecule has 1 rings (SSSR count). The topological polar surface area (TPSA) is 32.8 Å². The Bertz CT molecular complexity index is 262. The van der Waals surface area contributed by atoms with Crippen LogP contribution in [0.2, 0.25) is 0 Å². The van der Waals surface area contributed by atoms with Crippen LogP contribution in [0.3, 0.4) is 0 Å². The van der Waals surface area contributed by atoms with E-state index in [9.17, 15) is 4.79 Å². The van der Waals surface area contributed by atoms with Crippen molar-refractivity contribution in [2.75, 3.05) is 33.3 Å². The zero-order valence-electron chi connectivity index (χ0n) is 11.8. The van der Waals surface area contributed by atoms with Crippen molar-refractivity contribution in [2.45, 2.75) is 45.8 Å². The number of ether oxygens (including phenoxy) is 1. The Labute approximate surface area is 105 Å². The van der Waals surface area contributed by atoms with Crippen molar-refractivity contribution in [2.24, 2.45) is 0 Å². The van der Waals surface area contributed by atoms with Gasteiger partial charge in [0.15, 0.2) is 0 Å². The summed E-state index contributed by atoms with van der Waals surface area (Å²) in [4.78, 5) is 16.6. The van der Waals surface area contributed by atoms with Crippen LogP contribution in [0.4, 0.5) is 0 Å². The Morgan fingerprint density at radius 3 is 2.47 bits per heavy atom. The van der Waals surface area contributed by atoms with Gasteiger partial charge in [0, 0.05) is 26.2 Å². The van der Waals surface area contributed by atoms with Crippen molar-refractivity contribution >= 4 is 5.91 Å². The van der Waals surface area contributed by atoms with Crippen LogP contribution in [0.5, 0.6) is 0 Å². The first-order valence-corrected chi connectivity index (χ1v) is 6.54. The van der Waals surface area contributed by atoms with E-state index in [0.717, 1.165) is 32.6 Å². The van der Waals surface area contributed by atoms with Gasteiger partial charge in [0.1, 0.15) is 5.60 Å². The first kappa shape index (κ1) is 14.5. The Hall–Kier alpha value is -0.610. The molecular weight excluding hydrogens is 216 g/mol. The predicted molar refractivity (Wildman–Crippen MR) is 69.0 cm³/mol. The third kappa shape index (κ3) is 3.19. The molecule has 1 heterocycles. The van der Waals surface area contributed by atoms with E-state index in [4.69, 9.17) is 4.74 Å². The molecule has 0 aliphatic carbocycles. The third-order valence-corrected chi connectivity index (χ3v) is 3.80. The number of nitrogens with zero attached hydrogens (tertiary/aromatic N) is 2. The second kappa shape index (κ2) is 5.83. The molecule has 1 atom stereocenters. The Balaban J connectivity index is 2.59. The Morgan fingerprint density at radius 1 is 1.41 bits per heavy atom. The van der Waals surface area contributed by atoms with Gasteiger partial charge in [-0.3, -0.25) is 9.69 Å². The van der Waals surface area contributed by atoms with Crippen molar-refractivity contribution in [3.63, 3.8) is 0 Å². The quantitative estimate of drug-likeness (QED) is 0.729. The molecule has 1 saturated heterocycles. The van der Waals surface area contributed by atoms with Crippen LogP contribution in [0.25, 0.3) is 0 Å². The number of hydrogen-bond donors (Lipinski definition) is 0. The van der Waals surface area contributed by atoms with E-state index in [-0.39, 0.29) is 5.91 Å². The molecule has 1 amide bonds. The Morgan fingerprint density at radius 2 is 2.00 bits per heavy atom. The zero-order chi connectivity index (χ0) is 13.1. The van der Waals surface area contributed by atoms with Crippen LogP contribution in [0.1, 0.15) is 34.1 Å². The van der Waals surface area contributed by atoms with Crippen molar-refractivity contribution < 1.29 is 9.53 Å². The summed E-state index contributed by atoms with van der Waals surface area (Å²) in [7, 11) is 1.59. The predicted octanol–water partition coefficient (Wildman–Crippen LogP) is 1.35. The normalized spacial score (nSPS) is 21.3. The first-order valence-electron chi connectivity index (χ1n) is 6.54. The molecule has 1 fully saturated rings. The summed E-state index contributed by atoms with van der Waals surface area (Å²) in [6.45, 7) is 11.8. The summed E-state index contributed by atoms with van der Waals surface area (Å²) >= 11 is 0. The molecule has 1 unspecified atom stereocenters. The highest BCUT2D eigenvalue weighted by Crippen LogP contribution is 2.20. The van der Waals surface area contributed by atoms with E-state index in [1.807, 2.05) is 18.7 Å². The van der Waals surface area contributed by atoms with Gasteiger partial charge in [0.05, 0.1) is 0 Å². The molecule has 0 saturated carbocycles. The fraction of sp³-hybridized carbons (Fsp3) is 0.923. The van der Waals surface area contributed by atoms with E-state index in [1.165, 1.54) is 0 Å². The fourth-order valence-electron chi connectivity index (χ4n) is 2.43. The summed E-state index contributed by atoms with van der Waals surface area (Å²) in [5, 5.41) is 0. The second-order valence-electron chi connectivity index (χ2n) is 5.13. The molecule has 0 aromatic carbocycles. The number of likely N-dealkylation sites (N-methyl/N-ethyl adjacent to an activating group) is 1. The number of likely N-dealkylation sites (tertiary alicyclic amines) is 1. The molecule has 100 valence electrons. The number of rotatable bonds is 5. The molecule has 0 bridgehead atoms. The number of carbonyl (C=O) groups is 1. The van der Waals surface area contributed by atoms with E-state index in [0.29, 0.717) is 6.04 Å². The molecule has 4 nitrogen and oxygen atoms in total. The molecule has 0 N–H and O–H groups in total. The van der Waals surface area contributed by atoms with E-state index < -0.39 is 5.60 Å². The summed E-state index contributed by atoms with van der Waals surface area (Å²) in [6, 6.07) is 0.515. The summed E-state index contributed by atoms with van der Waals surface area (Å²) < 4.78 is 5.26. The third-order valence-electron chi connectivity index (χ3n) is 3.80. The minimum atomic E-state index is -0.696. The number of methoxy groups -OCH3 is 1. The number of hydrogen-bond acceptors (Lipinski definition) is 3. The number of carbonyl (C=O) groups excluding carboxylic acids is 1. The summed E-state index contributed by atoms with van der Waals surface area (Å²) in [5.41, 5.74) is -0.696. The second-order valence-corrected chi connectivity index (χ2v) is 5.13. The number of amides is 1. The summed E-state index contributed by atoms with van der Waals surface area (Å²) in [5.74, 6) is 0.106. The molecule has 1 aliphatic heterocycles. The summed E-state index contributed by atoms with van der Waals surface area (Å²) in [6.07, 6.45) is 1.08. The highest BCUT2D eigenvalue weighted by molar-refractivity contribution is 5.84.